The molecule has 1 aliphatic rings. The maximum absolute atomic E-state index is 2.39. The zero-order valence-corrected chi connectivity index (χ0v) is 12.5. The monoisotopic (exact) mass is 240 g/mol. The Kier molecular flexibility index (Phi) is 3.23. The second-order valence-electron chi connectivity index (χ2n) is 6.06. The van der Waals surface area contributed by atoms with Crippen LogP contribution in [0.2, 0.25) is 0 Å². The van der Waals surface area contributed by atoms with Crippen LogP contribution < -0.4 is 0 Å². The van der Waals surface area contributed by atoms with Crippen LogP contribution >= 0.6 is 0 Å². The number of fused-ring (bicyclic) bond motifs is 1. The Morgan fingerprint density at radius 2 is 1.89 bits per heavy atom. The van der Waals surface area contributed by atoms with Gasteiger partial charge in [-0.1, -0.05) is 56.2 Å². The van der Waals surface area contributed by atoms with Gasteiger partial charge in [0.1, 0.15) is 0 Å². The molecular formula is C18H24. The van der Waals surface area contributed by atoms with E-state index in [1.54, 1.807) is 0 Å². The van der Waals surface area contributed by atoms with E-state index in [-0.39, 0.29) is 5.41 Å². The molecule has 1 aromatic rings. The predicted molar refractivity (Wildman–Crippen MR) is 80.8 cm³/mol. The molecule has 1 aromatic carbocycles. The molecule has 18 heavy (non-hydrogen) atoms. The summed E-state index contributed by atoms with van der Waals surface area (Å²) in [5, 5.41) is 0. The molecule has 0 aromatic heterocycles. The Labute approximate surface area is 111 Å². The summed E-state index contributed by atoms with van der Waals surface area (Å²) >= 11 is 0. The minimum Gasteiger partial charge on any atom is -0.0733 e. The third-order valence-electron chi connectivity index (χ3n) is 4.28. The molecular weight excluding hydrogens is 216 g/mol. The van der Waals surface area contributed by atoms with Crippen LogP contribution in [0.15, 0.2) is 35.4 Å². The van der Waals surface area contributed by atoms with Gasteiger partial charge in [-0.2, -0.15) is 0 Å². The maximum Gasteiger partial charge on any atom is 0.0155 e. The van der Waals surface area contributed by atoms with Crippen LogP contribution in [-0.2, 0) is 5.41 Å². The summed E-state index contributed by atoms with van der Waals surface area (Å²) in [5.74, 6) is 0. The lowest BCUT2D eigenvalue weighted by molar-refractivity contribution is 0.652. The Bertz CT molecular complexity index is 539. The van der Waals surface area contributed by atoms with Crippen LogP contribution in [0.1, 0.15) is 57.7 Å². The van der Waals surface area contributed by atoms with Crippen molar-refractivity contribution in [1.29, 1.82) is 0 Å². The van der Waals surface area contributed by atoms with E-state index in [0.717, 1.165) is 6.42 Å². The van der Waals surface area contributed by atoms with Crippen molar-refractivity contribution in [1.82, 2.24) is 0 Å². The van der Waals surface area contributed by atoms with E-state index in [1.165, 1.54) is 33.4 Å². The fraction of sp³-hybridized carbons (Fsp3) is 0.444. The highest BCUT2D eigenvalue weighted by Crippen LogP contribution is 2.47. The second kappa shape index (κ2) is 4.42. The molecule has 0 N–H and O–H groups in total. The molecule has 96 valence electrons. The number of hydrogen-bond donors (Lipinski definition) is 0. The van der Waals surface area contributed by atoms with Gasteiger partial charge in [0.15, 0.2) is 0 Å². The van der Waals surface area contributed by atoms with Crippen LogP contribution in [0.3, 0.4) is 0 Å². The van der Waals surface area contributed by atoms with Crippen molar-refractivity contribution in [2.24, 2.45) is 0 Å². The van der Waals surface area contributed by atoms with Gasteiger partial charge in [-0.3, -0.25) is 0 Å². The van der Waals surface area contributed by atoms with E-state index in [9.17, 15) is 0 Å². The summed E-state index contributed by atoms with van der Waals surface area (Å²) in [6, 6.07) is 6.85. The smallest absolute Gasteiger partial charge is 0.0155 e. The van der Waals surface area contributed by atoms with Crippen molar-refractivity contribution in [2.45, 2.75) is 53.4 Å². The summed E-state index contributed by atoms with van der Waals surface area (Å²) < 4.78 is 0. The van der Waals surface area contributed by atoms with Crippen molar-refractivity contribution in [3.63, 3.8) is 0 Å². The lowest BCUT2D eigenvalue weighted by Crippen LogP contribution is -2.16. The summed E-state index contributed by atoms with van der Waals surface area (Å²) in [6.07, 6.45) is 3.52. The Balaban J connectivity index is 2.62. The second-order valence-corrected chi connectivity index (χ2v) is 6.06. The minimum atomic E-state index is 0.141. The van der Waals surface area contributed by atoms with E-state index in [0.29, 0.717) is 0 Å². The molecule has 0 fully saturated rings. The van der Waals surface area contributed by atoms with Crippen LogP contribution in [0, 0.1) is 6.92 Å². The molecule has 0 saturated carbocycles. The molecule has 2 rings (SSSR count). The first-order valence-electron chi connectivity index (χ1n) is 6.88. The summed E-state index contributed by atoms with van der Waals surface area (Å²) in [4.78, 5) is 0. The quantitative estimate of drug-likeness (QED) is 0.648. The van der Waals surface area contributed by atoms with Gasteiger partial charge in [-0.05, 0) is 49.5 Å². The maximum atomic E-state index is 2.39. The Hall–Kier alpha value is -1.30. The molecule has 0 spiro atoms. The summed E-state index contributed by atoms with van der Waals surface area (Å²) in [6.45, 7) is 13.6. The highest BCUT2D eigenvalue weighted by molar-refractivity contribution is 5.81. The first-order chi connectivity index (χ1) is 8.37. The SMILES string of the molecule is CC/C(C)=C\C1=C(C)c2ccc(C)cc2C1(C)C. The highest BCUT2D eigenvalue weighted by atomic mass is 14.4. The van der Waals surface area contributed by atoms with Gasteiger partial charge in [-0.25, -0.2) is 0 Å². The zero-order valence-electron chi connectivity index (χ0n) is 12.5. The molecule has 0 heterocycles. The van der Waals surface area contributed by atoms with Gasteiger partial charge in [0.05, 0.1) is 0 Å². The Morgan fingerprint density at radius 1 is 1.22 bits per heavy atom. The van der Waals surface area contributed by atoms with Crippen molar-refractivity contribution in [2.75, 3.05) is 0 Å². The molecule has 1 aliphatic carbocycles. The summed E-state index contributed by atoms with van der Waals surface area (Å²) in [5.41, 5.74) is 8.80. The van der Waals surface area contributed by atoms with Crippen molar-refractivity contribution >= 4 is 5.57 Å². The van der Waals surface area contributed by atoms with Crippen molar-refractivity contribution in [3.05, 3.63) is 52.1 Å². The molecule has 0 bridgehead atoms. The topological polar surface area (TPSA) is 0 Å². The number of aryl methyl sites for hydroxylation is 1. The number of hydrogen-bond acceptors (Lipinski definition) is 0. The van der Waals surface area contributed by atoms with Gasteiger partial charge in [0.25, 0.3) is 0 Å². The van der Waals surface area contributed by atoms with Crippen molar-refractivity contribution < 1.29 is 0 Å². The van der Waals surface area contributed by atoms with Gasteiger partial charge in [-0.15, -0.1) is 0 Å². The average Bonchev–Trinajstić information content (AvgIpc) is 2.50. The van der Waals surface area contributed by atoms with E-state index in [2.05, 4.69) is 65.8 Å². The third-order valence-corrected chi connectivity index (χ3v) is 4.28. The van der Waals surface area contributed by atoms with Crippen LogP contribution in [0.5, 0.6) is 0 Å². The fourth-order valence-corrected chi connectivity index (χ4v) is 2.90. The van der Waals surface area contributed by atoms with Gasteiger partial charge in [0, 0.05) is 5.41 Å². The minimum absolute atomic E-state index is 0.141. The molecule has 0 radical (unpaired) electrons. The molecule has 0 saturated heterocycles. The van der Waals surface area contributed by atoms with Crippen LogP contribution in [0.25, 0.3) is 5.57 Å². The van der Waals surface area contributed by atoms with Crippen LogP contribution in [0.4, 0.5) is 0 Å². The molecule has 0 nitrogen and oxygen atoms in total. The average molecular weight is 240 g/mol. The number of rotatable bonds is 2. The normalized spacial score (nSPS) is 18.2. The number of allylic oxidation sites excluding steroid dienone is 4. The molecule has 0 unspecified atom stereocenters. The molecule has 0 amide bonds. The third kappa shape index (κ3) is 1.94. The summed E-state index contributed by atoms with van der Waals surface area (Å²) in [7, 11) is 0. The molecule has 0 atom stereocenters. The van der Waals surface area contributed by atoms with Crippen LogP contribution in [-0.4, -0.2) is 0 Å². The van der Waals surface area contributed by atoms with E-state index >= 15 is 0 Å². The lowest BCUT2D eigenvalue weighted by Gasteiger charge is -2.23. The highest BCUT2D eigenvalue weighted by Gasteiger charge is 2.34. The van der Waals surface area contributed by atoms with Gasteiger partial charge >= 0.3 is 0 Å². The first-order valence-corrected chi connectivity index (χ1v) is 6.88. The van der Waals surface area contributed by atoms with E-state index in [1.807, 2.05) is 0 Å². The van der Waals surface area contributed by atoms with E-state index < -0.39 is 0 Å². The Morgan fingerprint density at radius 3 is 2.50 bits per heavy atom. The van der Waals surface area contributed by atoms with Gasteiger partial charge < -0.3 is 0 Å². The number of benzene rings is 1. The molecule has 0 aliphatic heterocycles. The predicted octanol–water partition coefficient (Wildman–Crippen LogP) is 5.42. The fourth-order valence-electron chi connectivity index (χ4n) is 2.90. The standard InChI is InChI=1S/C18H24/c1-7-12(2)10-16-14(4)15-9-8-13(3)11-17(15)18(16,5)6/h8-11H,7H2,1-6H3/b12-10-. The molecule has 0 heteroatoms. The van der Waals surface area contributed by atoms with Crippen molar-refractivity contribution in [3.8, 4) is 0 Å². The first kappa shape index (κ1) is 13.1. The van der Waals surface area contributed by atoms with E-state index in [4.69, 9.17) is 0 Å². The zero-order chi connectivity index (χ0) is 13.5. The largest absolute Gasteiger partial charge is 0.0733 e. The van der Waals surface area contributed by atoms with Gasteiger partial charge in [0.2, 0.25) is 0 Å². The lowest BCUT2D eigenvalue weighted by atomic mass is 9.80.